The minimum atomic E-state index is -0.369. The van der Waals surface area contributed by atoms with E-state index in [2.05, 4.69) is 29.5 Å². The molecule has 0 spiro atoms. The molecule has 1 aliphatic heterocycles. The van der Waals surface area contributed by atoms with Gasteiger partial charge in [0.1, 0.15) is 0 Å². The third-order valence-electron chi connectivity index (χ3n) is 3.50. The first-order valence-electron chi connectivity index (χ1n) is 7.43. The van der Waals surface area contributed by atoms with Crippen LogP contribution in [0.1, 0.15) is 30.8 Å². The smallest absolute Gasteiger partial charge is 0.277 e. The van der Waals surface area contributed by atoms with E-state index in [1.807, 2.05) is 0 Å². The Hall–Kier alpha value is -2.48. The van der Waals surface area contributed by atoms with Gasteiger partial charge < -0.3 is 20.5 Å². The van der Waals surface area contributed by atoms with Gasteiger partial charge in [-0.3, -0.25) is 9.48 Å². The van der Waals surface area contributed by atoms with Crippen molar-refractivity contribution in [2.45, 2.75) is 26.8 Å². The van der Waals surface area contributed by atoms with Gasteiger partial charge >= 0.3 is 0 Å². The van der Waals surface area contributed by atoms with Crippen molar-refractivity contribution in [2.75, 3.05) is 17.8 Å². The Balaban J connectivity index is 0.00000208. The summed E-state index contributed by atoms with van der Waals surface area (Å²) in [6.45, 7) is 5.14. The van der Waals surface area contributed by atoms with Gasteiger partial charge in [0.25, 0.3) is 5.91 Å². The normalized spacial score (nSPS) is 12.1. The van der Waals surface area contributed by atoms with E-state index < -0.39 is 0 Å². The quantitative estimate of drug-likeness (QED) is 0.799. The Morgan fingerprint density at radius 1 is 1.38 bits per heavy atom. The minimum Gasteiger partial charge on any atom is -0.454 e. The zero-order chi connectivity index (χ0) is 16.4. The van der Waals surface area contributed by atoms with Crippen molar-refractivity contribution in [2.24, 2.45) is 5.92 Å². The van der Waals surface area contributed by atoms with Gasteiger partial charge in [-0.05, 0) is 12.3 Å². The molecule has 9 heteroatoms. The summed E-state index contributed by atoms with van der Waals surface area (Å²) >= 11 is 0. The van der Waals surface area contributed by atoms with E-state index in [1.165, 1.54) is 0 Å². The lowest BCUT2D eigenvalue weighted by Crippen LogP contribution is -2.13. The molecule has 0 fully saturated rings. The van der Waals surface area contributed by atoms with Crippen LogP contribution < -0.4 is 20.5 Å². The molecule has 24 heavy (non-hydrogen) atoms. The van der Waals surface area contributed by atoms with Crippen molar-refractivity contribution in [3.63, 3.8) is 0 Å². The van der Waals surface area contributed by atoms with Crippen LogP contribution >= 0.6 is 12.4 Å². The van der Waals surface area contributed by atoms with Gasteiger partial charge in [0.15, 0.2) is 17.2 Å². The number of carbonyl (C=O) groups excluding carboxylic acids is 1. The number of benzene rings is 1. The number of amides is 1. The highest BCUT2D eigenvalue weighted by Gasteiger charge is 2.18. The number of ether oxygens (including phenoxy) is 2. The third kappa shape index (κ3) is 3.88. The standard InChI is InChI=1S/C15H19N5O3.ClH/c1-9(2)3-4-20-7-12(18-19-20)15(21)17-11-6-14-13(5-10(11)16)22-8-23-14;/h5-7,9H,3-4,8,16H2,1-2H3,(H,17,21);1H. The van der Waals surface area contributed by atoms with E-state index >= 15 is 0 Å². The van der Waals surface area contributed by atoms with Crippen molar-refractivity contribution in [1.29, 1.82) is 0 Å². The van der Waals surface area contributed by atoms with E-state index in [9.17, 15) is 4.79 Å². The van der Waals surface area contributed by atoms with Crippen molar-refractivity contribution in [1.82, 2.24) is 15.0 Å². The van der Waals surface area contributed by atoms with E-state index in [0.717, 1.165) is 13.0 Å². The van der Waals surface area contributed by atoms with Crippen molar-refractivity contribution < 1.29 is 14.3 Å². The number of nitrogens with one attached hydrogen (secondary N) is 1. The summed E-state index contributed by atoms with van der Waals surface area (Å²) in [5, 5.41) is 10.6. The fourth-order valence-electron chi connectivity index (χ4n) is 2.15. The second-order valence-corrected chi connectivity index (χ2v) is 5.80. The number of carbonyl (C=O) groups is 1. The van der Waals surface area contributed by atoms with Crippen molar-refractivity contribution >= 4 is 29.7 Å². The summed E-state index contributed by atoms with van der Waals surface area (Å²) in [6.07, 6.45) is 2.60. The number of hydrogen-bond donors (Lipinski definition) is 2. The second-order valence-electron chi connectivity index (χ2n) is 5.80. The topological polar surface area (TPSA) is 104 Å². The Labute approximate surface area is 145 Å². The van der Waals surface area contributed by atoms with Crippen LogP contribution in [0, 0.1) is 5.92 Å². The number of halogens is 1. The second kappa shape index (κ2) is 7.39. The van der Waals surface area contributed by atoms with Crippen LogP contribution in [-0.2, 0) is 6.54 Å². The van der Waals surface area contributed by atoms with Crippen molar-refractivity contribution in [3.05, 3.63) is 24.0 Å². The first-order chi connectivity index (χ1) is 11.0. The lowest BCUT2D eigenvalue weighted by molar-refractivity contribution is 0.102. The summed E-state index contributed by atoms with van der Waals surface area (Å²) in [7, 11) is 0. The van der Waals surface area contributed by atoms with E-state index in [-0.39, 0.29) is 30.8 Å². The lowest BCUT2D eigenvalue weighted by Gasteiger charge is -2.08. The first-order valence-corrected chi connectivity index (χ1v) is 7.43. The zero-order valence-corrected chi connectivity index (χ0v) is 14.3. The lowest BCUT2D eigenvalue weighted by atomic mass is 10.1. The molecule has 0 atom stereocenters. The maximum Gasteiger partial charge on any atom is 0.277 e. The summed E-state index contributed by atoms with van der Waals surface area (Å²) in [5.41, 5.74) is 7.01. The number of aryl methyl sites for hydroxylation is 1. The molecule has 0 aliphatic carbocycles. The average molecular weight is 354 g/mol. The van der Waals surface area contributed by atoms with E-state index in [4.69, 9.17) is 15.2 Å². The molecule has 3 rings (SSSR count). The Morgan fingerprint density at radius 2 is 2.08 bits per heavy atom. The number of nitrogen functional groups attached to an aromatic ring is 1. The molecule has 2 heterocycles. The van der Waals surface area contributed by atoms with Gasteiger partial charge in [0.2, 0.25) is 6.79 Å². The van der Waals surface area contributed by atoms with Gasteiger partial charge in [-0.15, -0.1) is 17.5 Å². The van der Waals surface area contributed by atoms with Crippen molar-refractivity contribution in [3.8, 4) is 11.5 Å². The first kappa shape index (κ1) is 17.9. The fourth-order valence-corrected chi connectivity index (χ4v) is 2.15. The maximum atomic E-state index is 12.3. The molecule has 0 radical (unpaired) electrons. The number of nitrogens with two attached hydrogens (primary N) is 1. The Morgan fingerprint density at radius 3 is 2.79 bits per heavy atom. The van der Waals surface area contributed by atoms with Crippen LogP contribution in [0.4, 0.5) is 11.4 Å². The average Bonchev–Trinajstić information content (AvgIpc) is 3.14. The molecule has 1 aliphatic rings. The predicted molar refractivity (Wildman–Crippen MR) is 91.7 cm³/mol. The maximum absolute atomic E-state index is 12.3. The predicted octanol–water partition coefficient (Wildman–Crippen LogP) is 2.31. The summed E-state index contributed by atoms with van der Waals surface area (Å²) < 4.78 is 12.2. The Kier molecular flexibility index (Phi) is 5.50. The SMILES string of the molecule is CC(C)CCn1cc(C(=O)Nc2cc3c(cc2N)OCO3)nn1.Cl. The number of hydrogen-bond acceptors (Lipinski definition) is 6. The largest absolute Gasteiger partial charge is 0.454 e. The molecule has 1 aromatic carbocycles. The van der Waals surface area contributed by atoms with Crippen LogP contribution in [0.3, 0.4) is 0 Å². The molecular formula is C15H20ClN5O3. The molecule has 1 amide bonds. The monoisotopic (exact) mass is 353 g/mol. The van der Waals surface area contributed by atoms with Gasteiger partial charge in [0.05, 0.1) is 17.6 Å². The summed E-state index contributed by atoms with van der Waals surface area (Å²) in [5.74, 6) is 1.31. The third-order valence-corrected chi connectivity index (χ3v) is 3.50. The number of rotatable bonds is 5. The van der Waals surface area contributed by atoms with E-state index in [0.29, 0.717) is 28.8 Å². The molecule has 130 valence electrons. The van der Waals surface area contributed by atoms with Gasteiger partial charge in [-0.1, -0.05) is 19.1 Å². The number of aromatic nitrogens is 3. The van der Waals surface area contributed by atoms with Crippen LogP contribution in [-0.4, -0.2) is 27.7 Å². The fraction of sp³-hybridized carbons (Fsp3) is 0.400. The van der Waals surface area contributed by atoms with Gasteiger partial charge in [-0.2, -0.15) is 0 Å². The minimum absolute atomic E-state index is 0. The molecular weight excluding hydrogens is 334 g/mol. The molecule has 0 saturated carbocycles. The highest BCUT2D eigenvalue weighted by molar-refractivity contribution is 6.04. The van der Waals surface area contributed by atoms with Crippen LogP contribution in [0.2, 0.25) is 0 Å². The summed E-state index contributed by atoms with van der Waals surface area (Å²) in [4.78, 5) is 12.3. The van der Waals surface area contributed by atoms with Gasteiger partial charge in [0, 0.05) is 18.7 Å². The molecule has 0 saturated heterocycles. The molecule has 3 N–H and O–H groups in total. The highest BCUT2D eigenvalue weighted by Crippen LogP contribution is 2.38. The molecule has 8 nitrogen and oxygen atoms in total. The molecule has 0 unspecified atom stereocenters. The highest BCUT2D eigenvalue weighted by atomic mass is 35.5. The number of anilines is 2. The zero-order valence-electron chi connectivity index (χ0n) is 13.5. The number of fused-ring (bicyclic) bond motifs is 1. The van der Waals surface area contributed by atoms with Gasteiger partial charge in [-0.25, -0.2) is 0 Å². The van der Waals surface area contributed by atoms with Crippen LogP contribution in [0.5, 0.6) is 11.5 Å². The number of nitrogens with zero attached hydrogens (tertiary/aromatic N) is 3. The molecule has 0 bridgehead atoms. The van der Waals surface area contributed by atoms with E-state index in [1.54, 1.807) is 23.0 Å². The summed E-state index contributed by atoms with van der Waals surface area (Å²) in [6, 6.07) is 3.26. The van der Waals surface area contributed by atoms with Crippen LogP contribution in [0.25, 0.3) is 0 Å². The van der Waals surface area contributed by atoms with Crippen LogP contribution in [0.15, 0.2) is 18.3 Å². The molecule has 2 aromatic rings. The Bertz CT molecular complexity index is 732. The molecule has 1 aromatic heterocycles.